The fourth-order valence-electron chi connectivity index (χ4n) is 1.01. The number of aryl methyl sites for hydroxylation is 1. The molecule has 0 aliphatic carbocycles. The van der Waals surface area contributed by atoms with Crippen LogP contribution in [0.4, 0.5) is 0 Å². The number of hydrogen-bond donors (Lipinski definition) is 3. The number of carboxylic acids is 1. The summed E-state index contributed by atoms with van der Waals surface area (Å²) < 4.78 is 0. The van der Waals surface area contributed by atoms with Gasteiger partial charge in [-0.15, -0.1) is 0 Å². The Morgan fingerprint density at radius 3 is 2.38 bits per heavy atom. The van der Waals surface area contributed by atoms with E-state index in [1.54, 1.807) is 19.1 Å². The second-order valence-corrected chi connectivity index (χ2v) is 2.95. The molecular formula is C12H17NO3. The number of carboxylic acid groups (broad SMARTS) is 1. The Bertz CT molecular complexity index is 397. The summed E-state index contributed by atoms with van der Waals surface area (Å²) in [5, 5.41) is 17.7. The van der Waals surface area contributed by atoms with Crippen LogP contribution in [-0.2, 0) is 4.79 Å². The zero-order chi connectivity index (χ0) is 12.7. The highest BCUT2D eigenvalue weighted by molar-refractivity contribution is 5.91. The molecule has 0 aliphatic heterocycles. The molecule has 0 atom stereocenters. The Labute approximate surface area is 95.0 Å². The van der Waals surface area contributed by atoms with Gasteiger partial charge in [-0.05, 0) is 36.3 Å². The molecule has 4 heteroatoms. The molecular weight excluding hydrogens is 206 g/mol. The molecule has 1 aromatic carbocycles. The second-order valence-electron chi connectivity index (χ2n) is 2.95. The molecule has 4 N–H and O–H groups in total. The highest BCUT2D eigenvalue weighted by Crippen LogP contribution is 2.18. The number of rotatable bonds is 2. The van der Waals surface area contributed by atoms with Gasteiger partial charge in [0.15, 0.2) is 0 Å². The van der Waals surface area contributed by atoms with Crippen molar-refractivity contribution in [3.63, 3.8) is 0 Å². The summed E-state index contributed by atoms with van der Waals surface area (Å²) in [7, 11) is 0. The van der Waals surface area contributed by atoms with Crippen LogP contribution in [0, 0.1) is 6.92 Å². The van der Waals surface area contributed by atoms with Crippen LogP contribution in [-0.4, -0.2) is 16.2 Å². The first kappa shape index (κ1) is 14.0. The van der Waals surface area contributed by atoms with Crippen LogP contribution < -0.4 is 5.73 Å². The number of aromatic hydroxyl groups is 1. The van der Waals surface area contributed by atoms with E-state index >= 15 is 0 Å². The van der Waals surface area contributed by atoms with E-state index in [-0.39, 0.29) is 11.4 Å². The minimum Gasteiger partial charge on any atom is -0.508 e. The zero-order valence-corrected chi connectivity index (χ0v) is 9.69. The van der Waals surface area contributed by atoms with Gasteiger partial charge in [0.05, 0.1) is 0 Å². The molecule has 0 heterocycles. The molecule has 0 radical (unpaired) electrons. The highest BCUT2D eigenvalue weighted by atomic mass is 16.4. The van der Waals surface area contributed by atoms with Crippen molar-refractivity contribution in [2.45, 2.75) is 20.8 Å². The normalized spacial score (nSPS) is 10.3. The van der Waals surface area contributed by atoms with Crippen LogP contribution in [0.2, 0.25) is 0 Å². The maximum Gasteiger partial charge on any atom is 0.351 e. The quantitative estimate of drug-likeness (QED) is 0.670. The topological polar surface area (TPSA) is 83.6 Å². The number of phenolic OH excluding ortho intramolecular Hbond substituents is 1. The van der Waals surface area contributed by atoms with Crippen molar-refractivity contribution in [1.29, 1.82) is 0 Å². The lowest BCUT2D eigenvalue weighted by Gasteiger charge is -2.00. The minimum atomic E-state index is -1.16. The molecule has 1 rings (SSSR count). The third kappa shape index (κ3) is 4.04. The van der Waals surface area contributed by atoms with Crippen molar-refractivity contribution in [3.8, 4) is 5.75 Å². The van der Waals surface area contributed by atoms with Gasteiger partial charge in [-0.1, -0.05) is 19.9 Å². The van der Waals surface area contributed by atoms with Crippen molar-refractivity contribution in [3.05, 3.63) is 35.0 Å². The van der Waals surface area contributed by atoms with Gasteiger partial charge in [0.1, 0.15) is 11.4 Å². The van der Waals surface area contributed by atoms with E-state index in [0.29, 0.717) is 11.1 Å². The smallest absolute Gasteiger partial charge is 0.351 e. The van der Waals surface area contributed by atoms with Gasteiger partial charge in [0.2, 0.25) is 0 Å². The lowest BCUT2D eigenvalue weighted by molar-refractivity contribution is -0.132. The molecule has 0 unspecified atom stereocenters. The van der Waals surface area contributed by atoms with Gasteiger partial charge in [-0.25, -0.2) is 4.79 Å². The average Bonchev–Trinajstić information content (AvgIpc) is 2.26. The monoisotopic (exact) mass is 223 g/mol. The summed E-state index contributed by atoms with van der Waals surface area (Å²) in [4.78, 5) is 10.4. The first-order chi connectivity index (χ1) is 7.50. The summed E-state index contributed by atoms with van der Waals surface area (Å²) in [5.74, 6) is -0.980. The first-order valence-electron chi connectivity index (χ1n) is 5.01. The molecule has 0 bridgehead atoms. The van der Waals surface area contributed by atoms with Gasteiger partial charge >= 0.3 is 5.97 Å². The first-order valence-corrected chi connectivity index (χ1v) is 5.01. The number of hydrogen-bond acceptors (Lipinski definition) is 3. The number of phenols is 1. The summed E-state index contributed by atoms with van der Waals surface area (Å²) in [6.07, 6.45) is 1.34. The third-order valence-electron chi connectivity index (χ3n) is 1.79. The highest BCUT2D eigenvalue weighted by Gasteiger charge is 2.01. The molecule has 1 aromatic rings. The Hall–Kier alpha value is -1.97. The molecule has 0 saturated carbocycles. The van der Waals surface area contributed by atoms with E-state index in [1.165, 1.54) is 12.1 Å². The second kappa shape index (κ2) is 6.50. The van der Waals surface area contributed by atoms with Crippen molar-refractivity contribution in [2.24, 2.45) is 5.73 Å². The maximum absolute atomic E-state index is 10.4. The molecule has 0 fully saturated rings. The summed E-state index contributed by atoms with van der Waals surface area (Å²) >= 11 is 0. The van der Waals surface area contributed by atoms with E-state index in [0.717, 1.165) is 0 Å². The molecule has 0 aromatic heterocycles. The van der Waals surface area contributed by atoms with Crippen LogP contribution >= 0.6 is 0 Å². The van der Waals surface area contributed by atoms with Gasteiger partial charge in [-0.3, -0.25) is 0 Å². The van der Waals surface area contributed by atoms with E-state index in [9.17, 15) is 9.90 Å². The minimum absolute atomic E-state index is 0.177. The van der Waals surface area contributed by atoms with Gasteiger partial charge in [0, 0.05) is 0 Å². The van der Waals surface area contributed by atoms with E-state index in [2.05, 4.69) is 0 Å². The van der Waals surface area contributed by atoms with E-state index in [4.69, 9.17) is 10.8 Å². The number of carbonyl (C=O) groups is 1. The van der Waals surface area contributed by atoms with Crippen LogP contribution in [0.15, 0.2) is 23.9 Å². The van der Waals surface area contributed by atoms with Crippen LogP contribution in [0.5, 0.6) is 5.75 Å². The fourth-order valence-corrected chi connectivity index (χ4v) is 1.01. The molecule has 0 amide bonds. The average molecular weight is 223 g/mol. The van der Waals surface area contributed by atoms with Crippen LogP contribution in [0.1, 0.15) is 25.0 Å². The van der Waals surface area contributed by atoms with Gasteiger partial charge in [0.25, 0.3) is 0 Å². The standard InChI is InChI=1S/C10H11NO3.C2H6/c1-6-4-7(2-3-9(6)12)5-8(11)10(13)14;1-2/h2-5,12H,11H2,1H3,(H,13,14);1-2H3/b8-5-;. The van der Waals surface area contributed by atoms with Gasteiger partial charge in [-0.2, -0.15) is 0 Å². The lowest BCUT2D eigenvalue weighted by atomic mass is 10.1. The van der Waals surface area contributed by atoms with E-state index in [1.807, 2.05) is 13.8 Å². The predicted molar refractivity (Wildman–Crippen MR) is 64.0 cm³/mol. The van der Waals surface area contributed by atoms with Crippen LogP contribution in [0.25, 0.3) is 6.08 Å². The third-order valence-corrected chi connectivity index (χ3v) is 1.79. The van der Waals surface area contributed by atoms with Crippen molar-refractivity contribution >= 4 is 12.0 Å². The Balaban J connectivity index is 0.00000106. The molecule has 0 aliphatic rings. The van der Waals surface area contributed by atoms with E-state index < -0.39 is 5.97 Å². The molecule has 0 spiro atoms. The SMILES string of the molecule is CC.Cc1cc(/C=C(\N)C(=O)O)ccc1O. The lowest BCUT2D eigenvalue weighted by Crippen LogP contribution is -2.09. The molecule has 16 heavy (non-hydrogen) atoms. The van der Waals surface area contributed by atoms with Crippen molar-refractivity contribution in [1.82, 2.24) is 0 Å². The number of nitrogens with two attached hydrogens (primary N) is 1. The zero-order valence-electron chi connectivity index (χ0n) is 9.69. The Morgan fingerprint density at radius 2 is 1.94 bits per heavy atom. The summed E-state index contributed by atoms with van der Waals surface area (Å²) in [6, 6.07) is 4.75. The largest absolute Gasteiger partial charge is 0.508 e. The summed E-state index contributed by atoms with van der Waals surface area (Å²) in [5.41, 5.74) is 6.34. The Kier molecular flexibility index (Phi) is 5.70. The van der Waals surface area contributed by atoms with Crippen LogP contribution in [0.3, 0.4) is 0 Å². The van der Waals surface area contributed by atoms with Gasteiger partial charge < -0.3 is 15.9 Å². The predicted octanol–water partition coefficient (Wildman–Crippen LogP) is 2.11. The molecule has 88 valence electrons. The number of benzene rings is 1. The summed E-state index contributed by atoms with van der Waals surface area (Å²) in [6.45, 7) is 5.73. The molecule has 4 nitrogen and oxygen atoms in total. The fraction of sp³-hybridized carbons (Fsp3) is 0.250. The van der Waals surface area contributed by atoms with Crippen molar-refractivity contribution in [2.75, 3.05) is 0 Å². The number of aliphatic carboxylic acids is 1. The van der Waals surface area contributed by atoms with Crippen molar-refractivity contribution < 1.29 is 15.0 Å². The maximum atomic E-state index is 10.4. The molecule has 0 saturated heterocycles. The Morgan fingerprint density at radius 1 is 1.38 bits per heavy atom.